The van der Waals surface area contributed by atoms with Crippen LogP contribution in [0, 0.1) is 0 Å². The summed E-state index contributed by atoms with van der Waals surface area (Å²) in [6, 6.07) is 1.31. The highest BCUT2D eigenvalue weighted by Crippen LogP contribution is 2.11. The smallest absolute Gasteiger partial charge is 0.216 e. The maximum absolute atomic E-state index is 10.7. The van der Waals surface area contributed by atoms with E-state index in [9.17, 15) is 4.79 Å². The predicted molar refractivity (Wildman–Crippen MR) is 81.9 cm³/mol. The van der Waals surface area contributed by atoms with Gasteiger partial charge in [-0.1, -0.05) is 6.92 Å². The molecule has 0 aliphatic carbocycles. The molecule has 20 heavy (non-hydrogen) atoms. The van der Waals surface area contributed by atoms with Gasteiger partial charge >= 0.3 is 0 Å². The zero-order valence-electron chi connectivity index (χ0n) is 13.3. The summed E-state index contributed by atoms with van der Waals surface area (Å²) < 4.78 is 5.52. The molecule has 1 atom stereocenters. The molecular formula is C15H31N3O2. The lowest BCUT2D eigenvalue weighted by Gasteiger charge is -2.33. The minimum Gasteiger partial charge on any atom is -0.378 e. The van der Waals surface area contributed by atoms with Gasteiger partial charge in [-0.25, -0.2) is 0 Å². The number of hydrogen-bond donors (Lipinski definition) is 2. The van der Waals surface area contributed by atoms with E-state index in [0.717, 1.165) is 26.2 Å². The van der Waals surface area contributed by atoms with E-state index in [1.807, 2.05) is 0 Å². The van der Waals surface area contributed by atoms with Crippen molar-refractivity contribution in [1.29, 1.82) is 0 Å². The predicted octanol–water partition coefficient (Wildman–Crippen LogP) is 0.992. The number of piperidine rings is 1. The van der Waals surface area contributed by atoms with Crippen LogP contribution in [0.4, 0.5) is 0 Å². The molecule has 0 radical (unpaired) electrons. The first-order chi connectivity index (χ1) is 9.61. The van der Waals surface area contributed by atoms with Crippen LogP contribution >= 0.6 is 0 Å². The van der Waals surface area contributed by atoms with Crippen LogP contribution in [0.5, 0.6) is 0 Å². The molecule has 5 nitrogen and oxygen atoms in total. The van der Waals surface area contributed by atoms with E-state index in [4.69, 9.17) is 4.74 Å². The Bertz CT molecular complexity index is 266. The van der Waals surface area contributed by atoms with E-state index in [1.54, 1.807) is 0 Å². The van der Waals surface area contributed by atoms with Gasteiger partial charge in [0.05, 0.1) is 13.2 Å². The second-order valence-corrected chi connectivity index (χ2v) is 5.69. The van der Waals surface area contributed by atoms with Gasteiger partial charge in [0.1, 0.15) is 0 Å². The molecule has 0 bridgehead atoms. The van der Waals surface area contributed by atoms with Crippen LogP contribution in [0.1, 0.15) is 40.0 Å². The van der Waals surface area contributed by atoms with E-state index in [0.29, 0.717) is 25.2 Å². The molecule has 1 unspecified atom stereocenters. The van der Waals surface area contributed by atoms with E-state index in [-0.39, 0.29) is 5.91 Å². The lowest BCUT2D eigenvalue weighted by Crippen LogP contribution is -2.46. The molecule has 1 saturated heterocycles. The number of ether oxygens (including phenoxy) is 1. The van der Waals surface area contributed by atoms with Crippen LogP contribution in [0.25, 0.3) is 0 Å². The van der Waals surface area contributed by atoms with Gasteiger partial charge in [0.2, 0.25) is 5.91 Å². The van der Waals surface area contributed by atoms with Crippen molar-refractivity contribution in [1.82, 2.24) is 15.5 Å². The Morgan fingerprint density at radius 1 is 1.35 bits per heavy atom. The van der Waals surface area contributed by atoms with E-state index in [1.165, 1.54) is 26.2 Å². The molecule has 5 heteroatoms. The van der Waals surface area contributed by atoms with Crippen molar-refractivity contribution in [2.45, 2.75) is 52.1 Å². The molecule has 1 aliphatic rings. The van der Waals surface area contributed by atoms with Crippen LogP contribution in [-0.4, -0.2) is 62.3 Å². The third kappa shape index (κ3) is 7.82. The molecule has 1 rings (SSSR count). The van der Waals surface area contributed by atoms with Gasteiger partial charge in [-0.3, -0.25) is 4.79 Å². The summed E-state index contributed by atoms with van der Waals surface area (Å²) >= 11 is 0. The summed E-state index contributed by atoms with van der Waals surface area (Å²) in [5.74, 6) is 0.00415. The minimum absolute atomic E-state index is 0.00415. The van der Waals surface area contributed by atoms with Gasteiger partial charge in [-0.15, -0.1) is 0 Å². The minimum atomic E-state index is 0.00415. The maximum atomic E-state index is 10.7. The van der Waals surface area contributed by atoms with Crippen molar-refractivity contribution in [3.63, 3.8) is 0 Å². The topological polar surface area (TPSA) is 53.6 Å². The highest BCUT2D eigenvalue weighted by Gasteiger charge is 2.19. The molecule has 1 fully saturated rings. The van der Waals surface area contributed by atoms with Crippen molar-refractivity contribution in [3.05, 3.63) is 0 Å². The molecule has 1 heterocycles. The van der Waals surface area contributed by atoms with E-state index in [2.05, 4.69) is 29.4 Å². The summed E-state index contributed by atoms with van der Waals surface area (Å²) in [4.78, 5) is 13.1. The average Bonchev–Trinajstić information content (AvgIpc) is 2.44. The molecule has 1 aliphatic heterocycles. The number of carbonyl (C=O) groups is 1. The summed E-state index contributed by atoms with van der Waals surface area (Å²) in [5, 5.41) is 6.41. The standard InChI is InChI=1S/C15H31N3O2/c1-4-13(2)17-15-5-8-18(9-6-15)10-12-20-11-7-16-14(3)19/h13,15,17H,4-12H2,1-3H3,(H,16,19). The molecule has 0 spiro atoms. The normalized spacial score (nSPS) is 18.9. The van der Waals surface area contributed by atoms with Crippen LogP contribution in [-0.2, 0) is 9.53 Å². The fourth-order valence-electron chi connectivity index (χ4n) is 2.44. The molecular weight excluding hydrogens is 254 g/mol. The Hall–Kier alpha value is -0.650. The lowest BCUT2D eigenvalue weighted by molar-refractivity contribution is -0.119. The van der Waals surface area contributed by atoms with Gasteiger partial charge in [-0.05, 0) is 39.3 Å². The van der Waals surface area contributed by atoms with Gasteiger partial charge in [-0.2, -0.15) is 0 Å². The van der Waals surface area contributed by atoms with Gasteiger partial charge in [0.15, 0.2) is 0 Å². The number of carbonyl (C=O) groups excluding carboxylic acids is 1. The summed E-state index contributed by atoms with van der Waals surface area (Å²) in [5.41, 5.74) is 0. The molecule has 0 aromatic rings. The lowest BCUT2D eigenvalue weighted by atomic mass is 10.0. The van der Waals surface area contributed by atoms with E-state index >= 15 is 0 Å². The molecule has 0 saturated carbocycles. The van der Waals surface area contributed by atoms with Crippen LogP contribution in [0.3, 0.4) is 0 Å². The third-order valence-electron chi connectivity index (χ3n) is 3.89. The second-order valence-electron chi connectivity index (χ2n) is 5.69. The Labute approximate surface area is 123 Å². The molecule has 118 valence electrons. The Balaban J connectivity index is 1.98. The van der Waals surface area contributed by atoms with Gasteiger partial charge in [0.25, 0.3) is 0 Å². The largest absolute Gasteiger partial charge is 0.378 e. The Morgan fingerprint density at radius 2 is 2.05 bits per heavy atom. The Kier molecular flexibility index (Phi) is 8.82. The summed E-state index contributed by atoms with van der Waals surface area (Å²) in [6.07, 6.45) is 3.66. The highest BCUT2D eigenvalue weighted by molar-refractivity contribution is 5.72. The van der Waals surface area contributed by atoms with Crippen molar-refractivity contribution in [2.24, 2.45) is 0 Å². The number of nitrogens with one attached hydrogen (secondary N) is 2. The first-order valence-corrected chi connectivity index (χ1v) is 7.92. The monoisotopic (exact) mass is 285 g/mol. The zero-order chi connectivity index (χ0) is 14.8. The van der Waals surface area contributed by atoms with Crippen molar-refractivity contribution < 1.29 is 9.53 Å². The Morgan fingerprint density at radius 3 is 2.65 bits per heavy atom. The molecule has 0 aromatic heterocycles. The highest BCUT2D eigenvalue weighted by atomic mass is 16.5. The SMILES string of the molecule is CCC(C)NC1CCN(CCOCCNC(C)=O)CC1. The average molecular weight is 285 g/mol. The first-order valence-electron chi connectivity index (χ1n) is 7.92. The number of amides is 1. The van der Waals surface area contributed by atoms with Crippen molar-refractivity contribution in [2.75, 3.05) is 39.4 Å². The molecule has 2 N–H and O–H groups in total. The summed E-state index contributed by atoms with van der Waals surface area (Å²) in [6.45, 7) is 11.3. The van der Waals surface area contributed by atoms with Crippen molar-refractivity contribution in [3.8, 4) is 0 Å². The van der Waals surface area contributed by atoms with Crippen LogP contribution < -0.4 is 10.6 Å². The van der Waals surface area contributed by atoms with Crippen LogP contribution in [0.15, 0.2) is 0 Å². The number of hydrogen-bond acceptors (Lipinski definition) is 4. The number of nitrogens with zero attached hydrogens (tertiary/aromatic N) is 1. The van der Waals surface area contributed by atoms with Crippen LogP contribution in [0.2, 0.25) is 0 Å². The molecule has 0 aromatic carbocycles. The fourth-order valence-corrected chi connectivity index (χ4v) is 2.44. The summed E-state index contributed by atoms with van der Waals surface area (Å²) in [7, 11) is 0. The second kappa shape index (κ2) is 10.1. The van der Waals surface area contributed by atoms with Gasteiger partial charge < -0.3 is 20.3 Å². The zero-order valence-corrected chi connectivity index (χ0v) is 13.3. The fraction of sp³-hybridized carbons (Fsp3) is 0.933. The number of rotatable bonds is 9. The van der Waals surface area contributed by atoms with Crippen molar-refractivity contribution >= 4 is 5.91 Å². The van der Waals surface area contributed by atoms with E-state index < -0.39 is 0 Å². The number of likely N-dealkylation sites (tertiary alicyclic amines) is 1. The van der Waals surface area contributed by atoms with Gasteiger partial charge in [0, 0.05) is 32.1 Å². The molecule has 1 amide bonds. The third-order valence-corrected chi connectivity index (χ3v) is 3.89. The first kappa shape index (κ1) is 17.4. The quantitative estimate of drug-likeness (QED) is 0.620. The maximum Gasteiger partial charge on any atom is 0.216 e.